The van der Waals surface area contributed by atoms with E-state index in [0.29, 0.717) is 12.4 Å². The summed E-state index contributed by atoms with van der Waals surface area (Å²) in [4.78, 5) is 28.4. The van der Waals surface area contributed by atoms with Gasteiger partial charge in [0.25, 0.3) is 10.0 Å². The molecule has 0 aliphatic heterocycles. The van der Waals surface area contributed by atoms with Gasteiger partial charge in [-0.1, -0.05) is 49.2 Å². The minimum absolute atomic E-state index is 0.0229. The van der Waals surface area contributed by atoms with Crippen LogP contribution in [0.4, 0.5) is 10.1 Å². The maximum absolute atomic E-state index is 14.7. The Bertz CT molecular complexity index is 1430. The van der Waals surface area contributed by atoms with Crippen LogP contribution in [-0.2, 0) is 26.2 Å². The molecule has 0 unspecified atom stereocenters. The summed E-state index contributed by atoms with van der Waals surface area (Å²) in [5.74, 6) is -0.995. The Morgan fingerprint density at radius 2 is 1.61 bits per heavy atom. The Labute approximate surface area is 241 Å². The molecule has 0 saturated heterocycles. The van der Waals surface area contributed by atoms with E-state index >= 15 is 0 Å². The van der Waals surface area contributed by atoms with Crippen molar-refractivity contribution in [1.82, 2.24) is 10.2 Å². The number of amides is 2. The smallest absolute Gasteiger partial charge is 0.264 e. The molecule has 1 fully saturated rings. The molecule has 4 rings (SSSR count). The first kappa shape index (κ1) is 30.0. The van der Waals surface area contributed by atoms with Crippen LogP contribution in [0.15, 0.2) is 83.8 Å². The number of sulfonamides is 1. The van der Waals surface area contributed by atoms with Gasteiger partial charge in [-0.05, 0) is 69.2 Å². The molecule has 0 radical (unpaired) electrons. The number of carbonyl (C=O) groups excluding carboxylic acids is 2. The van der Waals surface area contributed by atoms with Gasteiger partial charge in [-0.2, -0.15) is 0 Å². The molecule has 1 aliphatic rings. The van der Waals surface area contributed by atoms with Crippen molar-refractivity contribution in [3.8, 4) is 5.75 Å². The van der Waals surface area contributed by atoms with Crippen LogP contribution in [0.5, 0.6) is 5.75 Å². The van der Waals surface area contributed by atoms with Crippen LogP contribution in [0.2, 0.25) is 0 Å². The van der Waals surface area contributed by atoms with Gasteiger partial charge in [0.2, 0.25) is 11.8 Å². The predicted molar refractivity (Wildman–Crippen MR) is 155 cm³/mol. The number of halogens is 1. The number of hydrogen-bond donors (Lipinski definition) is 1. The van der Waals surface area contributed by atoms with Crippen LogP contribution in [-0.4, -0.2) is 50.4 Å². The maximum atomic E-state index is 14.7. The molecule has 0 heterocycles. The average Bonchev–Trinajstić information content (AvgIpc) is 3.49. The molecule has 1 N–H and O–H groups in total. The van der Waals surface area contributed by atoms with Gasteiger partial charge in [0.05, 0.1) is 17.2 Å². The lowest BCUT2D eigenvalue weighted by atomic mass is 10.1. The largest absolute Gasteiger partial charge is 0.494 e. The van der Waals surface area contributed by atoms with Gasteiger partial charge in [0.15, 0.2) is 0 Å². The summed E-state index contributed by atoms with van der Waals surface area (Å²) in [6.07, 6.45) is 3.77. The molecule has 3 aromatic carbocycles. The molecule has 8 nitrogen and oxygen atoms in total. The lowest BCUT2D eigenvalue weighted by Crippen LogP contribution is -2.52. The van der Waals surface area contributed by atoms with E-state index in [2.05, 4.69) is 5.32 Å². The molecule has 1 atom stereocenters. The van der Waals surface area contributed by atoms with Gasteiger partial charge in [-0.25, -0.2) is 12.8 Å². The van der Waals surface area contributed by atoms with Gasteiger partial charge < -0.3 is 15.0 Å². The molecule has 1 aliphatic carbocycles. The fourth-order valence-corrected chi connectivity index (χ4v) is 6.32. The topological polar surface area (TPSA) is 96.0 Å². The van der Waals surface area contributed by atoms with Crippen molar-refractivity contribution in [3.05, 3.63) is 90.2 Å². The highest BCUT2D eigenvalue weighted by Crippen LogP contribution is 2.26. The molecule has 0 bridgehead atoms. The van der Waals surface area contributed by atoms with Gasteiger partial charge >= 0.3 is 0 Å². The van der Waals surface area contributed by atoms with Gasteiger partial charge in [-0.3, -0.25) is 13.9 Å². The van der Waals surface area contributed by atoms with Gasteiger partial charge in [0.1, 0.15) is 24.2 Å². The van der Waals surface area contributed by atoms with E-state index in [1.807, 2.05) is 6.92 Å². The molecule has 2 amide bonds. The quantitative estimate of drug-likeness (QED) is 0.329. The van der Waals surface area contributed by atoms with Crippen molar-refractivity contribution in [3.63, 3.8) is 0 Å². The monoisotopic (exact) mass is 581 g/mol. The minimum atomic E-state index is -4.20. The van der Waals surface area contributed by atoms with Crippen LogP contribution < -0.4 is 14.4 Å². The molecule has 218 valence electrons. The van der Waals surface area contributed by atoms with Crippen LogP contribution in [0.3, 0.4) is 0 Å². The van der Waals surface area contributed by atoms with E-state index in [0.717, 1.165) is 30.0 Å². The first-order valence-corrected chi connectivity index (χ1v) is 15.3. The van der Waals surface area contributed by atoms with Crippen molar-refractivity contribution in [2.45, 2.75) is 63.1 Å². The third kappa shape index (κ3) is 7.43. The number of rotatable bonds is 12. The minimum Gasteiger partial charge on any atom is -0.494 e. The third-order valence-electron chi connectivity index (χ3n) is 7.21. The number of hydrogen-bond acceptors (Lipinski definition) is 5. The molecular weight excluding hydrogens is 545 g/mol. The van der Waals surface area contributed by atoms with E-state index in [1.54, 1.807) is 67.6 Å². The fourth-order valence-electron chi connectivity index (χ4n) is 4.91. The summed E-state index contributed by atoms with van der Waals surface area (Å²) in [6, 6.07) is 19.3. The summed E-state index contributed by atoms with van der Waals surface area (Å²) in [5.41, 5.74) is 0.505. The van der Waals surface area contributed by atoms with Crippen LogP contribution >= 0.6 is 0 Å². The fraction of sp³-hybridized carbons (Fsp3) is 0.355. The van der Waals surface area contributed by atoms with Crippen LogP contribution in [0.1, 0.15) is 45.1 Å². The number of anilines is 1. The van der Waals surface area contributed by atoms with Crippen LogP contribution in [0, 0.1) is 5.82 Å². The second-order valence-corrected chi connectivity index (χ2v) is 11.9. The van der Waals surface area contributed by atoms with Crippen molar-refractivity contribution < 1.29 is 27.1 Å². The molecule has 0 spiro atoms. The molecule has 3 aromatic rings. The lowest BCUT2D eigenvalue weighted by molar-refractivity contribution is -0.139. The molecule has 10 heteroatoms. The highest BCUT2D eigenvalue weighted by molar-refractivity contribution is 7.92. The summed E-state index contributed by atoms with van der Waals surface area (Å²) >= 11 is 0. The van der Waals surface area contributed by atoms with Crippen molar-refractivity contribution in [1.29, 1.82) is 0 Å². The van der Waals surface area contributed by atoms with Crippen molar-refractivity contribution >= 4 is 27.5 Å². The Morgan fingerprint density at radius 1 is 0.976 bits per heavy atom. The maximum Gasteiger partial charge on any atom is 0.264 e. The summed E-state index contributed by atoms with van der Waals surface area (Å²) in [6.45, 7) is 3.05. The van der Waals surface area contributed by atoms with Gasteiger partial charge in [0, 0.05) is 18.2 Å². The van der Waals surface area contributed by atoms with Gasteiger partial charge in [-0.15, -0.1) is 0 Å². The standard InChI is InChI=1S/C31H36FN3O5S/c1-3-40-27-17-19-28(20-18-27)41(38,39)35(26-14-5-4-6-15-26)22-30(36)34(21-24-11-7-10-16-29(24)32)23(2)31(37)33-25-12-8-9-13-25/h4-7,10-11,14-20,23,25H,3,8-9,12-13,21-22H2,1-2H3,(H,33,37)/t23-/m0/s1. The molecule has 41 heavy (non-hydrogen) atoms. The van der Waals surface area contributed by atoms with E-state index < -0.39 is 34.3 Å². The normalized spacial score (nSPS) is 14.3. The zero-order valence-electron chi connectivity index (χ0n) is 23.3. The number of ether oxygens (including phenoxy) is 1. The Hall–Kier alpha value is -3.92. The Balaban J connectivity index is 1.66. The summed E-state index contributed by atoms with van der Waals surface area (Å²) < 4.78 is 48.9. The SMILES string of the molecule is CCOc1ccc(S(=O)(=O)N(CC(=O)N(Cc2ccccc2F)[C@@H](C)C(=O)NC2CCCC2)c2ccccc2)cc1. The molecular formula is C31H36FN3O5S. The molecule has 0 aromatic heterocycles. The Morgan fingerprint density at radius 3 is 2.24 bits per heavy atom. The summed E-state index contributed by atoms with van der Waals surface area (Å²) in [7, 11) is -4.20. The number of carbonyl (C=O) groups is 2. The number of nitrogens with zero attached hydrogens (tertiary/aromatic N) is 2. The van der Waals surface area contributed by atoms with E-state index in [9.17, 15) is 22.4 Å². The number of para-hydroxylation sites is 1. The highest BCUT2D eigenvalue weighted by atomic mass is 32.2. The third-order valence-corrected chi connectivity index (χ3v) is 9.00. The molecule has 1 saturated carbocycles. The zero-order chi connectivity index (χ0) is 29.4. The summed E-state index contributed by atoms with van der Waals surface area (Å²) in [5, 5.41) is 3.00. The van der Waals surface area contributed by atoms with E-state index in [4.69, 9.17) is 4.74 Å². The number of nitrogens with one attached hydrogen (secondary N) is 1. The first-order chi connectivity index (χ1) is 19.7. The zero-order valence-corrected chi connectivity index (χ0v) is 24.1. The second-order valence-electron chi connectivity index (χ2n) is 10.0. The first-order valence-electron chi connectivity index (χ1n) is 13.8. The lowest BCUT2D eigenvalue weighted by Gasteiger charge is -2.32. The second kappa shape index (κ2) is 13.6. The van der Waals surface area contributed by atoms with E-state index in [1.165, 1.54) is 23.1 Å². The number of benzene rings is 3. The van der Waals surface area contributed by atoms with Crippen LogP contribution in [0.25, 0.3) is 0 Å². The van der Waals surface area contributed by atoms with E-state index in [-0.39, 0.29) is 34.6 Å². The predicted octanol–water partition coefficient (Wildman–Crippen LogP) is 4.90. The highest BCUT2D eigenvalue weighted by Gasteiger charge is 2.33. The Kier molecular flexibility index (Phi) is 9.99. The van der Waals surface area contributed by atoms with Crippen molar-refractivity contribution in [2.75, 3.05) is 17.5 Å². The van der Waals surface area contributed by atoms with Crippen molar-refractivity contribution in [2.24, 2.45) is 0 Å². The average molecular weight is 582 g/mol.